The molecule has 3 aromatic rings. The van der Waals surface area contributed by atoms with Crippen LogP contribution < -0.4 is 14.8 Å². The van der Waals surface area contributed by atoms with Crippen molar-refractivity contribution in [2.24, 2.45) is 0 Å². The number of tetrazole rings is 1. The zero-order valence-corrected chi connectivity index (χ0v) is 18.8. The Kier molecular flexibility index (Phi) is 6.25. The first-order valence-corrected chi connectivity index (χ1v) is 10.7. The van der Waals surface area contributed by atoms with Crippen molar-refractivity contribution < 1.29 is 19.1 Å². The van der Waals surface area contributed by atoms with Crippen LogP contribution in [-0.2, 0) is 23.4 Å². The number of carbonyl (C=O) groups excluding carboxylic acids is 2. The number of imide groups is 1. The van der Waals surface area contributed by atoms with Gasteiger partial charge < -0.3 is 14.8 Å². The lowest BCUT2D eigenvalue weighted by molar-refractivity contribution is -0.130. The van der Waals surface area contributed by atoms with E-state index >= 15 is 0 Å². The van der Waals surface area contributed by atoms with Crippen molar-refractivity contribution in [1.29, 1.82) is 0 Å². The van der Waals surface area contributed by atoms with Crippen molar-refractivity contribution >= 4 is 11.9 Å². The van der Waals surface area contributed by atoms with E-state index in [9.17, 15) is 9.59 Å². The molecule has 0 bridgehead atoms. The van der Waals surface area contributed by atoms with E-state index in [2.05, 4.69) is 27.8 Å². The minimum Gasteiger partial charge on any atom is -0.497 e. The Labute approximate surface area is 191 Å². The highest BCUT2D eigenvalue weighted by Gasteiger charge is 2.54. The Morgan fingerprint density at radius 3 is 2.03 bits per heavy atom. The van der Waals surface area contributed by atoms with Gasteiger partial charge in [-0.15, -0.1) is 5.10 Å². The van der Waals surface area contributed by atoms with Crippen LogP contribution in [0, 0.1) is 0 Å². The fourth-order valence-corrected chi connectivity index (χ4v) is 3.92. The first-order chi connectivity index (χ1) is 16.0. The molecule has 1 aliphatic heterocycles. The summed E-state index contributed by atoms with van der Waals surface area (Å²) in [6, 6.07) is 13.6. The van der Waals surface area contributed by atoms with E-state index in [1.165, 1.54) is 0 Å². The predicted octanol–water partition coefficient (Wildman–Crippen LogP) is 2.49. The molecule has 4 rings (SSSR count). The summed E-state index contributed by atoms with van der Waals surface area (Å²) in [5, 5.41) is 14.7. The van der Waals surface area contributed by atoms with E-state index in [0.717, 1.165) is 17.7 Å². The van der Waals surface area contributed by atoms with Crippen molar-refractivity contribution in [3.63, 3.8) is 0 Å². The number of aromatic nitrogens is 4. The number of nitrogens with one attached hydrogen (secondary N) is 1. The molecule has 10 nitrogen and oxygen atoms in total. The van der Waals surface area contributed by atoms with Crippen molar-refractivity contribution in [1.82, 2.24) is 30.4 Å². The molecule has 1 N–H and O–H groups in total. The first-order valence-electron chi connectivity index (χ1n) is 10.7. The lowest BCUT2D eigenvalue weighted by Gasteiger charge is -2.28. The molecule has 0 spiro atoms. The van der Waals surface area contributed by atoms with Gasteiger partial charge in [0.1, 0.15) is 11.5 Å². The maximum Gasteiger partial charge on any atom is 0.325 e. The van der Waals surface area contributed by atoms with Crippen molar-refractivity contribution in [2.45, 2.75) is 38.4 Å². The number of nitrogens with zero attached hydrogens (tertiary/aromatic N) is 5. The topological polar surface area (TPSA) is 111 Å². The average Bonchev–Trinajstić information content (AvgIpc) is 3.40. The number of aryl methyl sites for hydroxylation is 1. The number of hydrogen-bond donors (Lipinski definition) is 1. The number of urea groups is 1. The summed E-state index contributed by atoms with van der Waals surface area (Å²) in [6.07, 6.45) is 1.86. The Morgan fingerprint density at radius 2 is 1.52 bits per heavy atom. The molecule has 1 aromatic heterocycles. The molecule has 172 valence electrons. The summed E-state index contributed by atoms with van der Waals surface area (Å²) in [5.74, 6) is 1.33. The van der Waals surface area contributed by atoms with E-state index in [4.69, 9.17) is 9.47 Å². The molecule has 3 amide bonds. The maximum absolute atomic E-state index is 13.9. The molecule has 2 heterocycles. The largest absolute Gasteiger partial charge is 0.497 e. The SMILES string of the molecule is CCCCn1nnnc1CN1C(=O)NC(c2ccc(OC)cc2)(c2ccc(OC)cc2)C1=O. The van der Waals surface area contributed by atoms with E-state index in [1.54, 1.807) is 67.4 Å². The number of carbonyl (C=O) groups is 2. The molecule has 0 unspecified atom stereocenters. The molecule has 33 heavy (non-hydrogen) atoms. The van der Waals surface area contributed by atoms with Crippen molar-refractivity contribution in [3.05, 3.63) is 65.5 Å². The van der Waals surface area contributed by atoms with Crippen LogP contribution in [0.15, 0.2) is 48.5 Å². The lowest BCUT2D eigenvalue weighted by Crippen LogP contribution is -2.45. The van der Waals surface area contributed by atoms with Gasteiger partial charge in [-0.05, 0) is 52.2 Å². The smallest absolute Gasteiger partial charge is 0.325 e. The van der Waals surface area contributed by atoms with Crippen molar-refractivity contribution in [3.8, 4) is 11.5 Å². The Bertz CT molecular complexity index is 1080. The van der Waals surface area contributed by atoms with Gasteiger partial charge in [-0.1, -0.05) is 37.6 Å². The minimum atomic E-state index is -1.41. The highest BCUT2D eigenvalue weighted by Crippen LogP contribution is 2.38. The fraction of sp³-hybridized carbons (Fsp3) is 0.348. The molecule has 1 saturated heterocycles. The zero-order chi connectivity index (χ0) is 23.4. The van der Waals surface area contributed by atoms with Crippen LogP contribution >= 0.6 is 0 Å². The van der Waals surface area contributed by atoms with Crippen LogP contribution in [0.25, 0.3) is 0 Å². The number of unbranched alkanes of at least 4 members (excludes halogenated alkanes) is 1. The average molecular weight is 450 g/mol. The third-order valence-electron chi connectivity index (χ3n) is 5.78. The fourth-order valence-electron chi connectivity index (χ4n) is 3.92. The van der Waals surface area contributed by atoms with Crippen molar-refractivity contribution in [2.75, 3.05) is 14.2 Å². The summed E-state index contributed by atoms with van der Waals surface area (Å²) in [5.41, 5.74) is -0.183. The van der Waals surface area contributed by atoms with Gasteiger partial charge >= 0.3 is 6.03 Å². The van der Waals surface area contributed by atoms with E-state index in [1.807, 2.05) is 0 Å². The monoisotopic (exact) mass is 450 g/mol. The van der Waals surface area contributed by atoms with Gasteiger partial charge in [0.15, 0.2) is 11.4 Å². The number of ether oxygens (including phenoxy) is 2. The Hall–Kier alpha value is -3.95. The standard InChI is InChI=1S/C23H26N6O4/c1-4-5-14-29-20(25-26-27-29)15-28-21(30)23(24-22(28)31,16-6-10-18(32-2)11-7-16)17-8-12-19(33-3)13-9-17/h6-13H,4-5,14-15H2,1-3H3,(H,24,31). The number of benzene rings is 2. The highest BCUT2D eigenvalue weighted by molar-refractivity contribution is 6.09. The normalized spacial score (nSPS) is 14.9. The van der Waals surface area contributed by atoms with Crippen LogP contribution in [0.4, 0.5) is 4.79 Å². The van der Waals surface area contributed by atoms with Crippen LogP contribution in [0.5, 0.6) is 11.5 Å². The van der Waals surface area contributed by atoms with Crippen LogP contribution in [0.1, 0.15) is 36.7 Å². The highest BCUT2D eigenvalue weighted by atomic mass is 16.5. The molecule has 0 saturated carbocycles. The quantitative estimate of drug-likeness (QED) is 0.499. The third kappa shape index (κ3) is 3.99. The van der Waals surface area contributed by atoms with Gasteiger partial charge in [-0.2, -0.15) is 0 Å². The van der Waals surface area contributed by atoms with Gasteiger partial charge in [-0.3, -0.25) is 9.69 Å². The second kappa shape index (κ2) is 9.27. The summed E-state index contributed by atoms with van der Waals surface area (Å²) in [4.78, 5) is 28.2. The van der Waals surface area contributed by atoms with E-state index in [-0.39, 0.29) is 6.54 Å². The Morgan fingerprint density at radius 1 is 0.939 bits per heavy atom. The number of amides is 3. The molecule has 1 fully saturated rings. The van der Waals surface area contributed by atoms with Gasteiger partial charge in [0.25, 0.3) is 5.91 Å². The van der Waals surface area contributed by atoms with Crippen LogP contribution in [0.2, 0.25) is 0 Å². The zero-order valence-electron chi connectivity index (χ0n) is 18.8. The maximum atomic E-state index is 13.9. The second-order valence-electron chi connectivity index (χ2n) is 7.70. The third-order valence-corrected chi connectivity index (χ3v) is 5.78. The van der Waals surface area contributed by atoms with E-state index in [0.29, 0.717) is 35.0 Å². The molecular weight excluding hydrogens is 424 g/mol. The van der Waals surface area contributed by atoms with Gasteiger partial charge in [0, 0.05) is 6.54 Å². The van der Waals surface area contributed by atoms with Crippen LogP contribution in [-0.4, -0.2) is 51.3 Å². The number of methoxy groups -OCH3 is 2. The molecular formula is C23H26N6O4. The summed E-state index contributed by atoms with van der Waals surface area (Å²) in [6.45, 7) is 2.65. The number of rotatable bonds is 9. The van der Waals surface area contributed by atoms with Gasteiger partial charge in [0.05, 0.1) is 20.8 Å². The van der Waals surface area contributed by atoms with Crippen LogP contribution in [0.3, 0.4) is 0 Å². The predicted molar refractivity (Wildman–Crippen MR) is 119 cm³/mol. The number of hydrogen-bond acceptors (Lipinski definition) is 7. The summed E-state index contributed by atoms with van der Waals surface area (Å²) < 4.78 is 12.2. The molecule has 1 aliphatic rings. The lowest BCUT2D eigenvalue weighted by atomic mass is 9.82. The first kappa shape index (κ1) is 22.3. The second-order valence-corrected chi connectivity index (χ2v) is 7.70. The summed E-state index contributed by atoms with van der Waals surface area (Å²) in [7, 11) is 3.14. The summed E-state index contributed by atoms with van der Waals surface area (Å²) >= 11 is 0. The molecule has 0 atom stereocenters. The molecule has 0 aliphatic carbocycles. The minimum absolute atomic E-state index is 0.0323. The molecule has 0 radical (unpaired) electrons. The molecule has 10 heteroatoms. The van der Waals surface area contributed by atoms with Gasteiger partial charge in [-0.25, -0.2) is 9.48 Å². The van der Waals surface area contributed by atoms with Gasteiger partial charge in [0.2, 0.25) is 0 Å². The van der Waals surface area contributed by atoms with E-state index < -0.39 is 17.5 Å². The Balaban J connectivity index is 1.74. The molecule has 2 aromatic carbocycles.